The molecule has 4 nitrogen and oxygen atoms in total. The van der Waals surface area contributed by atoms with Gasteiger partial charge in [0.15, 0.2) is 0 Å². The molecule has 2 aromatic rings. The molecule has 3 rings (SSSR count). The van der Waals surface area contributed by atoms with Crippen LogP contribution < -0.4 is 0 Å². The van der Waals surface area contributed by atoms with Crippen molar-refractivity contribution in [2.24, 2.45) is 0 Å². The summed E-state index contributed by atoms with van der Waals surface area (Å²) >= 11 is 0. The Morgan fingerprint density at radius 1 is 1.28 bits per heavy atom. The largest absolute Gasteiger partial charge is 0.424 e. The molecule has 2 heterocycles. The first-order valence-electron chi connectivity index (χ1n) is 6.41. The van der Waals surface area contributed by atoms with Crippen LogP contribution in [-0.2, 0) is 6.54 Å². The van der Waals surface area contributed by atoms with Crippen LogP contribution in [0.3, 0.4) is 0 Å². The Bertz CT molecular complexity index is 509. The molecule has 0 amide bonds. The van der Waals surface area contributed by atoms with Crippen LogP contribution in [0.15, 0.2) is 34.7 Å². The molecule has 1 aromatic carbocycles. The lowest BCUT2D eigenvalue weighted by Crippen LogP contribution is -2.22. The van der Waals surface area contributed by atoms with E-state index in [1.54, 1.807) is 0 Å². The van der Waals surface area contributed by atoms with E-state index < -0.39 is 0 Å². The number of aryl methyl sites for hydroxylation is 1. The average molecular weight is 243 g/mol. The normalized spacial score (nSPS) is 20.4. The van der Waals surface area contributed by atoms with Crippen LogP contribution in [-0.4, -0.2) is 21.6 Å². The van der Waals surface area contributed by atoms with Gasteiger partial charge in [0.25, 0.3) is 0 Å². The van der Waals surface area contributed by atoms with Crippen LogP contribution >= 0.6 is 0 Å². The minimum Gasteiger partial charge on any atom is -0.424 e. The van der Waals surface area contributed by atoms with Gasteiger partial charge in [-0.1, -0.05) is 30.3 Å². The van der Waals surface area contributed by atoms with Crippen molar-refractivity contribution in [3.63, 3.8) is 0 Å². The average Bonchev–Trinajstić information content (AvgIpc) is 3.00. The molecule has 0 N–H and O–H groups in total. The van der Waals surface area contributed by atoms with Crippen molar-refractivity contribution in [3.05, 3.63) is 47.7 Å². The highest BCUT2D eigenvalue weighted by Crippen LogP contribution is 2.32. The zero-order valence-electron chi connectivity index (χ0n) is 10.5. The van der Waals surface area contributed by atoms with E-state index in [9.17, 15) is 0 Å². The number of rotatable bonds is 3. The fourth-order valence-corrected chi connectivity index (χ4v) is 2.64. The van der Waals surface area contributed by atoms with Gasteiger partial charge in [-0.2, -0.15) is 0 Å². The van der Waals surface area contributed by atoms with Crippen LogP contribution in [0.4, 0.5) is 0 Å². The van der Waals surface area contributed by atoms with Crippen molar-refractivity contribution in [2.75, 3.05) is 6.54 Å². The van der Waals surface area contributed by atoms with Crippen LogP contribution in [0.25, 0.3) is 0 Å². The minimum atomic E-state index is 0.485. The number of nitrogens with zero attached hydrogens (tertiary/aromatic N) is 3. The predicted molar refractivity (Wildman–Crippen MR) is 67.9 cm³/mol. The summed E-state index contributed by atoms with van der Waals surface area (Å²) < 4.78 is 5.47. The molecule has 94 valence electrons. The number of benzene rings is 1. The van der Waals surface area contributed by atoms with Gasteiger partial charge in [0.2, 0.25) is 11.8 Å². The Balaban J connectivity index is 1.75. The zero-order valence-corrected chi connectivity index (χ0v) is 10.5. The maximum Gasteiger partial charge on any atom is 0.230 e. The lowest BCUT2D eigenvalue weighted by atomic mass is 10.0. The Morgan fingerprint density at radius 3 is 2.83 bits per heavy atom. The first-order chi connectivity index (χ1) is 8.83. The predicted octanol–water partition coefficient (Wildman–Crippen LogP) is 2.72. The van der Waals surface area contributed by atoms with Crippen molar-refractivity contribution < 1.29 is 4.42 Å². The SMILES string of the molecule is Cc1nnc(CN2CCC[C@@H]2c2ccccc2)o1. The fraction of sp³-hybridized carbons (Fsp3) is 0.429. The number of hydrogen-bond donors (Lipinski definition) is 0. The molecule has 1 aromatic heterocycles. The van der Waals surface area contributed by atoms with Crippen molar-refractivity contribution in [3.8, 4) is 0 Å². The highest BCUT2D eigenvalue weighted by Gasteiger charge is 2.27. The molecule has 1 aliphatic rings. The Hall–Kier alpha value is -1.68. The standard InChI is InChI=1S/C14H17N3O/c1-11-15-16-14(18-11)10-17-9-5-8-13(17)12-6-3-2-4-7-12/h2-4,6-7,13H,5,8-10H2,1H3/t13-/m1/s1. The summed E-state index contributed by atoms with van der Waals surface area (Å²) in [5, 5.41) is 7.96. The fourth-order valence-electron chi connectivity index (χ4n) is 2.64. The zero-order chi connectivity index (χ0) is 12.4. The Morgan fingerprint density at radius 2 is 2.11 bits per heavy atom. The van der Waals surface area contributed by atoms with E-state index in [2.05, 4.69) is 45.4 Å². The van der Waals surface area contributed by atoms with E-state index in [0.717, 1.165) is 19.0 Å². The van der Waals surface area contributed by atoms with Crippen LogP contribution in [0.2, 0.25) is 0 Å². The Labute approximate surface area is 107 Å². The van der Waals surface area contributed by atoms with Crippen molar-refractivity contribution in [1.29, 1.82) is 0 Å². The van der Waals surface area contributed by atoms with Gasteiger partial charge >= 0.3 is 0 Å². The van der Waals surface area contributed by atoms with Crippen molar-refractivity contribution >= 4 is 0 Å². The monoisotopic (exact) mass is 243 g/mol. The number of hydrogen-bond acceptors (Lipinski definition) is 4. The summed E-state index contributed by atoms with van der Waals surface area (Å²) in [5.74, 6) is 1.36. The maximum atomic E-state index is 5.47. The number of aromatic nitrogens is 2. The molecule has 0 bridgehead atoms. The van der Waals surface area contributed by atoms with Gasteiger partial charge in [0.05, 0.1) is 6.54 Å². The third kappa shape index (κ3) is 2.29. The van der Waals surface area contributed by atoms with Gasteiger partial charge in [-0.3, -0.25) is 4.90 Å². The van der Waals surface area contributed by atoms with Crippen LogP contribution in [0.1, 0.15) is 36.2 Å². The summed E-state index contributed by atoms with van der Waals surface area (Å²) in [5.41, 5.74) is 1.38. The quantitative estimate of drug-likeness (QED) is 0.831. The van der Waals surface area contributed by atoms with Gasteiger partial charge in [-0.15, -0.1) is 10.2 Å². The van der Waals surface area contributed by atoms with Gasteiger partial charge in [0, 0.05) is 13.0 Å². The second-order valence-corrected chi connectivity index (χ2v) is 4.75. The molecule has 1 fully saturated rings. The van der Waals surface area contributed by atoms with Gasteiger partial charge in [0.1, 0.15) is 0 Å². The highest BCUT2D eigenvalue weighted by atomic mass is 16.4. The second-order valence-electron chi connectivity index (χ2n) is 4.75. The maximum absolute atomic E-state index is 5.47. The molecule has 0 aliphatic carbocycles. The molecule has 0 radical (unpaired) electrons. The summed E-state index contributed by atoms with van der Waals surface area (Å²) in [7, 11) is 0. The first-order valence-corrected chi connectivity index (χ1v) is 6.41. The molecule has 1 atom stereocenters. The van der Waals surface area contributed by atoms with Gasteiger partial charge in [-0.25, -0.2) is 0 Å². The topological polar surface area (TPSA) is 42.2 Å². The van der Waals surface area contributed by atoms with Gasteiger partial charge in [-0.05, 0) is 24.9 Å². The second kappa shape index (κ2) is 4.90. The number of likely N-dealkylation sites (tertiary alicyclic amines) is 1. The van der Waals surface area contributed by atoms with Crippen molar-refractivity contribution in [2.45, 2.75) is 32.4 Å². The third-order valence-corrected chi connectivity index (χ3v) is 3.45. The molecule has 1 aliphatic heterocycles. The first kappa shape index (κ1) is 11.4. The molecule has 0 unspecified atom stereocenters. The summed E-state index contributed by atoms with van der Waals surface area (Å²) in [6.07, 6.45) is 2.43. The summed E-state index contributed by atoms with van der Waals surface area (Å²) in [6.45, 7) is 3.68. The lowest BCUT2D eigenvalue weighted by molar-refractivity contribution is 0.222. The lowest BCUT2D eigenvalue weighted by Gasteiger charge is -2.23. The summed E-state index contributed by atoms with van der Waals surface area (Å²) in [6, 6.07) is 11.1. The Kier molecular flexibility index (Phi) is 3.11. The van der Waals surface area contributed by atoms with E-state index in [1.807, 2.05) is 6.92 Å². The van der Waals surface area contributed by atoms with Gasteiger partial charge < -0.3 is 4.42 Å². The third-order valence-electron chi connectivity index (χ3n) is 3.45. The van der Waals surface area contributed by atoms with E-state index in [0.29, 0.717) is 11.9 Å². The smallest absolute Gasteiger partial charge is 0.230 e. The molecule has 4 heteroatoms. The van der Waals surface area contributed by atoms with Crippen LogP contribution in [0, 0.1) is 6.92 Å². The molecule has 18 heavy (non-hydrogen) atoms. The van der Waals surface area contributed by atoms with E-state index in [4.69, 9.17) is 4.42 Å². The molecular formula is C14H17N3O. The molecule has 0 spiro atoms. The van der Waals surface area contributed by atoms with Crippen LogP contribution in [0.5, 0.6) is 0 Å². The van der Waals surface area contributed by atoms with Crippen molar-refractivity contribution in [1.82, 2.24) is 15.1 Å². The van der Waals surface area contributed by atoms with E-state index in [-0.39, 0.29) is 0 Å². The summed E-state index contributed by atoms with van der Waals surface area (Å²) in [4.78, 5) is 2.42. The molecule has 0 saturated carbocycles. The minimum absolute atomic E-state index is 0.485. The van der Waals surface area contributed by atoms with E-state index in [1.165, 1.54) is 18.4 Å². The molecular weight excluding hydrogens is 226 g/mol. The van der Waals surface area contributed by atoms with E-state index >= 15 is 0 Å². The molecule has 1 saturated heterocycles. The highest BCUT2D eigenvalue weighted by molar-refractivity contribution is 5.20.